The Bertz CT molecular complexity index is 732. The molecule has 2 N–H and O–H groups in total. The van der Waals surface area contributed by atoms with Gasteiger partial charge in [0, 0.05) is 5.69 Å². The number of benzene rings is 2. The minimum atomic E-state index is -0.165. The first kappa shape index (κ1) is 19.8. The van der Waals surface area contributed by atoms with Crippen molar-refractivity contribution in [3.63, 3.8) is 0 Å². The fourth-order valence-electron chi connectivity index (χ4n) is 2.29. The number of hydrogen-bond donors (Lipinski definition) is 2. The molecule has 0 aliphatic rings. The van der Waals surface area contributed by atoms with Crippen molar-refractivity contribution in [3.05, 3.63) is 54.1 Å². The first-order valence-corrected chi connectivity index (χ1v) is 9.76. The van der Waals surface area contributed by atoms with E-state index in [4.69, 9.17) is 4.74 Å². The summed E-state index contributed by atoms with van der Waals surface area (Å²) in [4.78, 5) is 24.0. The van der Waals surface area contributed by atoms with Crippen molar-refractivity contribution in [1.29, 1.82) is 0 Å². The molecule has 0 heterocycles. The van der Waals surface area contributed by atoms with Gasteiger partial charge in [-0.3, -0.25) is 9.59 Å². The van der Waals surface area contributed by atoms with Gasteiger partial charge < -0.3 is 15.4 Å². The number of nitrogens with one attached hydrogen (secondary N) is 2. The number of amides is 2. The lowest BCUT2D eigenvalue weighted by Gasteiger charge is -2.11. The van der Waals surface area contributed by atoms with Crippen LogP contribution in [0.2, 0.25) is 0 Å². The number of carbonyl (C=O) groups is 2. The second-order valence-electron chi connectivity index (χ2n) is 5.57. The summed E-state index contributed by atoms with van der Waals surface area (Å²) in [5.41, 5.74) is 2.63. The molecule has 0 saturated carbocycles. The first-order valence-electron chi connectivity index (χ1n) is 8.60. The average Bonchev–Trinajstić information content (AvgIpc) is 2.64. The Morgan fingerprint density at radius 1 is 0.923 bits per heavy atom. The molecular weight excluding hydrogens is 348 g/mol. The maximum absolute atomic E-state index is 12.1. The molecule has 0 fully saturated rings. The summed E-state index contributed by atoms with van der Waals surface area (Å²) in [5, 5.41) is 5.65. The van der Waals surface area contributed by atoms with Crippen LogP contribution in [0.1, 0.15) is 19.4 Å². The first-order chi connectivity index (χ1) is 12.6. The summed E-state index contributed by atoms with van der Waals surface area (Å²) in [5.74, 6) is 0.768. The zero-order chi connectivity index (χ0) is 18.8. The molecule has 26 heavy (non-hydrogen) atoms. The molecular formula is C20H24N2O3S. The number of para-hydroxylation sites is 2. The van der Waals surface area contributed by atoms with Crippen molar-refractivity contribution in [2.45, 2.75) is 20.3 Å². The summed E-state index contributed by atoms with van der Waals surface area (Å²) in [6, 6.07) is 15.1. The van der Waals surface area contributed by atoms with Gasteiger partial charge >= 0.3 is 0 Å². The monoisotopic (exact) mass is 372 g/mol. The quantitative estimate of drug-likeness (QED) is 0.699. The van der Waals surface area contributed by atoms with E-state index in [2.05, 4.69) is 17.6 Å². The Morgan fingerprint density at radius 3 is 2.23 bits per heavy atom. The normalized spacial score (nSPS) is 10.2. The van der Waals surface area contributed by atoms with Crippen LogP contribution in [0.4, 0.5) is 11.4 Å². The predicted octanol–water partition coefficient (Wildman–Crippen LogP) is 3.96. The summed E-state index contributed by atoms with van der Waals surface area (Å²) < 4.78 is 5.48. The molecule has 0 atom stereocenters. The molecule has 0 spiro atoms. The van der Waals surface area contributed by atoms with E-state index in [-0.39, 0.29) is 23.3 Å². The molecule has 2 amide bonds. The lowest BCUT2D eigenvalue weighted by atomic mass is 10.1. The second-order valence-corrected chi connectivity index (χ2v) is 6.55. The van der Waals surface area contributed by atoms with Crippen molar-refractivity contribution >= 4 is 35.0 Å². The van der Waals surface area contributed by atoms with Gasteiger partial charge in [0.1, 0.15) is 5.75 Å². The third-order valence-electron chi connectivity index (χ3n) is 3.57. The number of aryl methyl sites for hydroxylation is 1. The van der Waals surface area contributed by atoms with Crippen molar-refractivity contribution < 1.29 is 14.3 Å². The molecule has 138 valence electrons. The Balaban J connectivity index is 1.74. The molecule has 0 radical (unpaired) electrons. The number of anilines is 2. The molecule has 0 saturated heterocycles. The third-order valence-corrected chi connectivity index (χ3v) is 4.51. The summed E-state index contributed by atoms with van der Waals surface area (Å²) in [6.07, 6.45) is 0.964. The minimum absolute atomic E-state index is 0.123. The highest BCUT2D eigenvalue weighted by Gasteiger charge is 2.09. The number of carbonyl (C=O) groups excluding carboxylic acids is 2. The van der Waals surface area contributed by atoms with Crippen LogP contribution in [-0.4, -0.2) is 29.9 Å². The SMILES string of the molecule is CCOc1ccccc1NC(=O)CSCC(=O)Nc1ccc(CC)cc1. The van der Waals surface area contributed by atoms with Gasteiger partial charge in [0.25, 0.3) is 0 Å². The number of rotatable bonds is 9. The molecule has 0 unspecified atom stereocenters. The highest BCUT2D eigenvalue weighted by atomic mass is 32.2. The minimum Gasteiger partial charge on any atom is -0.492 e. The van der Waals surface area contributed by atoms with Crippen LogP contribution >= 0.6 is 11.8 Å². The van der Waals surface area contributed by atoms with E-state index >= 15 is 0 Å². The number of thioether (sulfide) groups is 1. The van der Waals surface area contributed by atoms with Gasteiger partial charge in [0.15, 0.2) is 0 Å². The molecule has 6 heteroatoms. The molecule has 5 nitrogen and oxygen atoms in total. The van der Waals surface area contributed by atoms with Gasteiger partial charge in [0.2, 0.25) is 11.8 Å². The lowest BCUT2D eigenvalue weighted by Crippen LogP contribution is -2.18. The van der Waals surface area contributed by atoms with Crippen molar-refractivity contribution in [3.8, 4) is 5.75 Å². The van der Waals surface area contributed by atoms with Crippen molar-refractivity contribution in [2.75, 3.05) is 28.7 Å². The Labute approximate surface area is 158 Å². The van der Waals surface area contributed by atoms with Gasteiger partial charge in [-0.2, -0.15) is 0 Å². The van der Waals surface area contributed by atoms with Crippen LogP contribution in [0.15, 0.2) is 48.5 Å². The van der Waals surface area contributed by atoms with Gasteiger partial charge in [-0.05, 0) is 43.2 Å². The maximum atomic E-state index is 12.1. The number of hydrogen-bond acceptors (Lipinski definition) is 4. The van der Waals surface area contributed by atoms with E-state index in [0.29, 0.717) is 18.0 Å². The van der Waals surface area contributed by atoms with E-state index < -0.39 is 0 Å². The van der Waals surface area contributed by atoms with Gasteiger partial charge in [-0.1, -0.05) is 31.2 Å². The van der Waals surface area contributed by atoms with Crippen LogP contribution in [0.3, 0.4) is 0 Å². The van der Waals surface area contributed by atoms with Crippen LogP contribution in [0.5, 0.6) is 5.75 Å². The van der Waals surface area contributed by atoms with E-state index in [0.717, 1.165) is 12.1 Å². The smallest absolute Gasteiger partial charge is 0.234 e. The topological polar surface area (TPSA) is 67.4 Å². The second kappa shape index (κ2) is 10.5. The van der Waals surface area contributed by atoms with Gasteiger partial charge in [-0.25, -0.2) is 0 Å². The Hall–Kier alpha value is -2.47. The fraction of sp³-hybridized carbons (Fsp3) is 0.300. The third kappa shape index (κ3) is 6.44. The average molecular weight is 372 g/mol. The summed E-state index contributed by atoms with van der Waals surface area (Å²) in [7, 11) is 0. The highest BCUT2D eigenvalue weighted by Crippen LogP contribution is 2.23. The van der Waals surface area contributed by atoms with Crippen molar-refractivity contribution in [2.24, 2.45) is 0 Å². The van der Waals surface area contributed by atoms with Crippen LogP contribution in [-0.2, 0) is 16.0 Å². The largest absolute Gasteiger partial charge is 0.492 e. The van der Waals surface area contributed by atoms with E-state index in [9.17, 15) is 9.59 Å². The molecule has 2 rings (SSSR count). The van der Waals surface area contributed by atoms with Crippen LogP contribution < -0.4 is 15.4 Å². The van der Waals surface area contributed by atoms with Crippen LogP contribution in [0, 0.1) is 0 Å². The molecule has 0 bridgehead atoms. The molecule has 2 aromatic carbocycles. The predicted molar refractivity (Wildman–Crippen MR) is 108 cm³/mol. The summed E-state index contributed by atoms with van der Waals surface area (Å²) >= 11 is 1.27. The highest BCUT2D eigenvalue weighted by molar-refractivity contribution is 8.00. The van der Waals surface area contributed by atoms with Crippen molar-refractivity contribution in [1.82, 2.24) is 0 Å². The standard InChI is InChI=1S/C20H24N2O3S/c1-3-15-9-11-16(12-10-15)21-19(23)13-26-14-20(24)22-17-7-5-6-8-18(17)25-4-2/h5-12H,3-4,13-14H2,1-2H3,(H,21,23)(H,22,24). The van der Waals surface area contributed by atoms with E-state index in [1.165, 1.54) is 17.3 Å². The Kier molecular flexibility index (Phi) is 8.02. The van der Waals surface area contributed by atoms with Gasteiger partial charge in [0.05, 0.1) is 23.8 Å². The summed E-state index contributed by atoms with van der Waals surface area (Å²) in [6.45, 7) is 4.51. The number of ether oxygens (including phenoxy) is 1. The molecule has 0 aromatic heterocycles. The van der Waals surface area contributed by atoms with E-state index in [1.54, 1.807) is 6.07 Å². The molecule has 0 aliphatic carbocycles. The van der Waals surface area contributed by atoms with Crippen LogP contribution in [0.25, 0.3) is 0 Å². The zero-order valence-electron chi connectivity index (χ0n) is 15.1. The molecule has 0 aliphatic heterocycles. The van der Waals surface area contributed by atoms with E-state index in [1.807, 2.05) is 49.4 Å². The zero-order valence-corrected chi connectivity index (χ0v) is 15.9. The Morgan fingerprint density at radius 2 is 1.58 bits per heavy atom. The fourth-order valence-corrected chi connectivity index (χ4v) is 2.91. The molecule has 2 aromatic rings. The maximum Gasteiger partial charge on any atom is 0.234 e. The lowest BCUT2D eigenvalue weighted by molar-refractivity contribution is -0.114. The van der Waals surface area contributed by atoms with Gasteiger partial charge in [-0.15, -0.1) is 11.8 Å².